The summed E-state index contributed by atoms with van der Waals surface area (Å²) < 4.78 is 5.48. The maximum atomic E-state index is 8.90. The molecule has 0 bridgehead atoms. The number of nitrogens with zero attached hydrogens (tertiary/aromatic N) is 2. The summed E-state index contributed by atoms with van der Waals surface area (Å²) in [7, 11) is 0. The Labute approximate surface area is 85.6 Å². The molecule has 3 nitrogen and oxygen atoms in total. The molecule has 2 unspecified atom stereocenters. The van der Waals surface area contributed by atoms with Crippen LogP contribution in [0.15, 0.2) is 0 Å². The van der Waals surface area contributed by atoms with E-state index in [9.17, 15) is 0 Å². The van der Waals surface area contributed by atoms with Gasteiger partial charge in [-0.1, -0.05) is 0 Å². The molecule has 2 aliphatic rings. The third-order valence-corrected chi connectivity index (χ3v) is 3.29. The average molecular weight is 194 g/mol. The number of hydrogen-bond donors (Lipinski definition) is 0. The zero-order chi connectivity index (χ0) is 9.80. The molecule has 2 fully saturated rings. The number of rotatable bonds is 1. The number of piperidine rings is 1. The van der Waals surface area contributed by atoms with Crippen LogP contribution in [0.3, 0.4) is 0 Å². The molecule has 0 aliphatic carbocycles. The highest BCUT2D eigenvalue weighted by molar-refractivity contribution is 4.90. The summed E-state index contributed by atoms with van der Waals surface area (Å²) in [5.41, 5.74) is 0. The van der Waals surface area contributed by atoms with Crippen LogP contribution in [0.4, 0.5) is 0 Å². The fourth-order valence-electron chi connectivity index (χ4n) is 2.46. The highest BCUT2D eigenvalue weighted by Gasteiger charge is 2.26. The van der Waals surface area contributed by atoms with Crippen molar-refractivity contribution in [3.05, 3.63) is 0 Å². The zero-order valence-electron chi connectivity index (χ0n) is 8.61. The second kappa shape index (κ2) is 4.77. The van der Waals surface area contributed by atoms with E-state index in [1.165, 1.54) is 19.3 Å². The fourth-order valence-corrected chi connectivity index (χ4v) is 2.46. The van der Waals surface area contributed by atoms with Crippen LogP contribution >= 0.6 is 0 Å². The van der Waals surface area contributed by atoms with E-state index in [4.69, 9.17) is 10.00 Å². The largest absolute Gasteiger partial charge is 0.380 e. The molecule has 3 heteroatoms. The molecule has 0 aromatic carbocycles. The lowest BCUT2D eigenvalue weighted by Gasteiger charge is -2.38. The fraction of sp³-hybridized carbons (Fsp3) is 0.909. The third-order valence-electron chi connectivity index (χ3n) is 3.29. The van der Waals surface area contributed by atoms with Crippen LogP contribution < -0.4 is 0 Å². The molecule has 2 rings (SSSR count). The van der Waals surface area contributed by atoms with Crippen LogP contribution in [0.1, 0.15) is 25.7 Å². The van der Waals surface area contributed by atoms with Crippen molar-refractivity contribution in [1.29, 1.82) is 5.26 Å². The van der Waals surface area contributed by atoms with Gasteiger partial charge in [-0.3, -0.25) is 4.90 Å². The minimum absolute atomic E-state index is 0.255. The molecular weight excluding hydrogens is 176 g/mol. The van der Waals surface area contributed by atoms with Crippen LogP contribution in [-0.2, 0) is 4.74 Å². The van der Waals surface area contributed by atoms with Crippen molar-refractivity contribution in [3.8, 4) is 6.07 Å². The Balaban J connectivity index is 1.87. The summed E-state index contributed by atoms with van der Waals surface area (Å²) in [5, 5.41) is 8.90. The number of nitriles is 1. The van der Waals surface area contributed by atoms with Crippen molar-refractivity contribution in [1.82, 2.24) is 4.90 Å². The summed E-state index contributed by atoms with van der Waals surface area (Å²) >= 11 is 0. The Hall–Kier alpha value is -0.590. The summed E-state index contributed by atoms with van der Waals surface area (Å²) in [6, 6.07) is 2.97. The molecule has 0 N–H and O–H groups in total. The van der Waals surface area contributed by atoms with Crippen LogP contribution in [0, 0.1) is 17.2 Å². The Kier molecular flexibility index (Phi) is 3.39. The summed E-state index contributed by atoms with van der Waals surface area (Å²) in [6.07, 6.45) is 4.69. The molecule has 0 aromatic heterocycles. The van der Waals surface area contributed by atoms with E-state index in [1.54, 1.807) is 0 Å². The van der Waals surface area contributed by atoms with E-state index >= 15 is 0 Å². The predicted molar refractivity (Wildman–Crippen MR) is 53.8 cm³/mol. The Morgan fingerprint density at radius 3 is 2.93 bits per heavy atom. The van der Waals surface area contributed by atoms with E-state index in [0.717, 1.165) is 32.7 Å². The first-order valence-corrected chi connectivity index (χ1v) is 5.61. The van der Waals surface area contributed by atoms with Gasteiger partial charge in [0.25, 0.3) is 0 Å². The normalized spacial score (nSPS) is 35.1. The molecule has 2 saturated heterocycles. The van der Waals surface area contributed by atoms with Gasteiger partial charge in [-0.15, -0.1) is 0 Å². The van der Waals surface area contributed by atoms with Gasteiger partial charge in [0.15, 0.2) is 0 Å². The minimum Gasteiger partial charge on any atom is -0.380 e. The summed E-state index contributed by atoms with van der Waals surface area (Å²) in [4.78, 5) is 2.45. The van der Waals surface area contributed by atoms with Gasteiger partial charge < -0.3 is 4.74 Å². The number of hydrogen-bond acceptors (Lipinski definition) is 3. The molecular formula is C11H18N2O. The first-order valence-electron chi connectivity index (χ1n) is 5.61. The molecule has 0 radical (unpaired) electrons. The first kappa shape index (κ1) is 9.95. The summed E-state index contributed by atoms with van der Waals surface area (Å²) in [6.45, 7) is 3.92. The smallest absolute Gasteiger partial charge is 0.0669 e. The van der Waals surface area contributed by atoms with Gasteiger partial charge in [0.1, 0.15) is 0 Å². The molecule has 0 saturated carbocycles. The van der Waals surface area contributed by atoms with E-state index < -0.39 is 0 Å². The van der Waals surface area contributed by atoms with Gasteiger partial charge in [0.2, 0.25) is 0 Å². The molecule has 0 spiro atoms. The van der Waals surface area contributed by atoms with Crippen LogP contribution in [-0.4, -0.2) is 37.2 Å². The highest BCUT2D eigenvalue weighted by atomic mass is 16.5. The number of likely N-dealkylation sites (tertiary alicyclic amines) is 1. The summed E-state index contributed by atoms with van der Waals surface area (Å²) in [5.74, 6) is 0.255. The van der Waals surface area contributed by atoms with Gasteiger partial charge >= 0.3 is 0 Å². The Morgan fingerprint density at radius 2 is 2.21 bits per heavy atom. The molecule has 2 aliphatic heterocycles. The molecule has 2 atom stereocenters. The molecule has 78 valence electrons. The van der Waals surface area contributed by atoms with Gasteiger partial charge in [-0.2, -0.15) is 5.26 Å². The maximum Gasteiger partial charge on any atom is 0.0669 e. The molecule has 14 heavy (non-hydrogen) atoms. The monoisotopic (exact) mass is 194 g/mol. The lowest BCUT2D eigenvalue weighted by atomic mass is 9.97. The van der Waals surface area contributed by atoms with Crippen LogP contribution in [0.5, 0.6) is 0 Å². The third kappa shape index (κ3) is 2.26. The van der Waals surface area contributed by atoms with E-state index in [1.807, 2.05) is 0 Å². The van der Waals surface area contributed by atoms with Crippen molar-refractivity contribution < 1.29 is 4.74 Å². The molecule has 0 aromatic rings. The highest BCUT2D eigenvalue weighted by Crippen LogP contribution is 2.21. The lowest BCUT2D eigenvalue weighted by Crippen LogP contribution is -2.46. The van der Waals surface area contributed by atoms with E-state index in [2.05, 4.69) is 11.0 Å². The Bertz CT molecular complexity index is 218. The zero-order valence-corrected chi connectivity index (χ0v) is 8.61. The van der Waals surface area contributed by atoms with Crippen LogP contribution in [0.2, 0.25) is 0 Å². The van der Waals surface area contributed by atoms with Crippen molar-refractivity contribution in [3.63, 3.8) is 0 Å². The van der Waals surface area contributed by atoms with Gasteiger partial charge in [-0.05, 0) is 32.2 Å². The maximum absolute atomic E-state index is 8.90. The quantitative estimate of drug-likeness (QED) is 0.633. The second-order valence-corrected chi connectivity index (χ2v) is 4.33. The Morgan fingerprint density at radius 1 is 1.29 bits per heavy atom. The topological polar surface area (TPSA) is 36.3 Å². The minimum atomic E-state index is 0.255. The van der Waals surface area contributed by atoms with Crippen LogP contribution in [0.25, 0.3) is 0 Å². The van der Waals surface area contributed by atoms with Gasteiger partial charge in [0, 0.05) is 19.2 Å². The van der Waals surface area contributed by atoms with Crippen molar-refractivity contribution in [2.24, 2.45) is 5.92 Å². The average Bonchev–Trinajstić information content (AvgIpc) is 2.30. The molecule has 0 amide bonds. The van der Waals surface area contributed by atoms with E-state index in [0.29, 0.717) is 6.04 Å². The second-order valence-electron chi connectivity index (χ2n) is 4.33. The van der Waals surface area contributed by atoms with Crippen molar-refractivity contribution in [2.45, 2.75) is 31.7 Å². The van der Waals surface area contributed by atoms with Gasteiger partial charge in [0.05, 0.1) is 18.6 Å². The standard InChI is InChI=1S/C11H18N2O/c12-7-10-3-1-5-13(8-10)11-4-2-6-14-9-11/h10-11H,1-6,8-9H2. The van der Waals surface area contributed by atoms with Crippen molar-refractivity contribution in [2.75, 3.05) is 26.3 Å². The van der Waals surface area contributed by atoms with Gasteiger partial charge in [-0.25, -0.2) is 0 Å². The SMILES string of the molecule is N#CC1CCCN(C2CCCOC2)C1. The van der Waals surface area contributed by atoms with Crippen molar-refractivity contribution >= 4 is 0 Å². The first-order chi connectivity index (χ1) is 6.90. The lowest BCUT2D eigenvalue weighted by molar-refractivity contribution is 0.00602. The molecule has 2 heterocycles. The predicted octanol–water partition coefficient (Wildman–Crippen LogP) is 1.40. The number of ether oxygens (including phenoxy) is 1. The van der Waals surface area contributed by atoms with E-state index in [-0.39, 0.29) is 5.92 Å².